The highest BCUT2D eigenvalue weighted by Gasteiger charge is 2.33. The fraction of sp³-hybridized carbons (Fsp3) is 0.417. The van der Waals surface area contributed by atoms with E-state index < -0.39 is 41.8 Å². The van der Waals surface area contributed by atoms with Gasteiger partial charge in [-0.3, -0.25) is 33.9 Å². The summed E-state index contributed by atoms with van der Waals surface area (Å²) in [6.45, 7) is 4.53. The van der Waals surface area contributed by atoms with Crippen molar-refractivity contribution in [2.45, 2.75) is 83.3 Å². The largest absolute Gasteiger partial charge is 0.370 e. The summed E-state index contributed by atoms with van der Waals surface area (Å²) < 4.78 is 0.420. The Hall–Kier alpha value is -4.80. The molecule has 0 radical (unpaired) electrons. The first-order chi connectivity index (χ1) is 24.8. The third-order valence-corrected chi connectivity index (χ3v) is 9.51. The molecule has 52 heavy (non-hydrogen) atoms. The summed E-state index contributed by atoms with van der Waals surface area (Å²) in [5.41, 5.74) is 24.8. The fourth-order valence-electron chi connectivity index (χ4n) is 5.28. The van der Waals surface area contributed by atoms with Gasteiger partial charge in [0.1, 0.15) is 18.1 Å². The molecule has 14 nitrogen and oxygen atoms in total. The van der Waals surface area contributed by atoms with Gasteiger partial charge in [0.05, 0.1) is 10.6 Å². The highest BCUT2D eigenvalue weighted by Crippen LogP contribution is 2.36. The van der Waals surface area contributed by atoms with Crippen molar-refractivity contribution in [3.05, 3.63) is 70.1 Å². The van der Waals surface area contributed by atoms with Gasteiger partial charge in [0, 0.05) is 12.1 Å². The predicted molar refractivity (Wildman–Crippen MR) is 210 cm³/mol. The van der Waals surface area contributed by atoms with Gasteiger partial charge < -0.3 is 38.9 Å². The summed E-state index contributed by atoms with van der Waals surface area (Å²) in [5, 5.41) is 8.20. The standard InChI is InChI=1S/C36H49N9O5S2/c1-3-4-8-26(30(38)46)42-32(48)27(9-5-6-19-37)44-33(49)28(10-7-20-41-35(39)40)43-31(47)24-15-13-23(14-16-24)21-29-34(50)45(36(51)52-29)25-17-11-22(2)12-18-25/h11-18,21,26-28H,3-10,19-20,37H2,1-2H3,(H2,38,46)(H,42,48)(H,43,47)(H,44,49)(H4,39,40,41)/b29-21-/t26-,27-,28-/m0/s1. The topological polar surface area (TPSA) is 241 Å². The summed E-state index contributed by atoms with van der Waals surface area (Å²) in [6.07, 6.45) is 5.47. The van der Waals surface area contributed by atoms with Crippen molar-refractivity contribution in [2.75, 3.05) is 18.0 Å². The van der Waals surface area contributed by atoms with Crippen LogP contribution in [0.4, 0.5) is 5.69 Å². The van der Waals surface area contributed by atoms with E-state index in [1.165, 1.54) is 16.7 Å². The molecule has 1 aliphatic rings. The van der Waals surface area contributed by atoms with Crippen LogP contribution in [-0.4, -0.2) is 71.0 Å². The Labute approximate surface area is 314 Å². The van der Waals surface area contributed by atoms with Crippen molar-refractivity contribution in [2.24, 2.45) is 27.9 Å². The summed E-state index contributed by atoms with van der Waals surface area (Å²) in [4.78, 5) is 71.5. The van der Waals surface area contributed by atoms with Crippen LogP contribution in [-0.2, 0) is 19.2 Å². The number of thioether (sulfide) groups is 1. The average molecular weight is 752 g/mol. The Morgan fingerprint density at radius 3 is 2.04 bits per heavy atom. The molecule has 5 amide bonds. The second-order valence-electron chi connectivity index (χ2n) is 12.4. The minimum absolute atomic E-state index is 0.105. The molecule has 1 heterocycles. The van der Waals surface area contributed by atoms with Crippen molar-refractivity contribution in [1.29, 1.82) is 0 Å². The molecule has 11 N–H and O–H groups in total. The van der Waals surface area contributed by atoms with Crippen molar-refractivity contribution < 1.29 is 24.0 Å². The molecule has 1 aliphatic heterocycles. The zero-order valence-corrected chi connectivity index (χ0v) is 31.2. The van der Waals surface area contributed by atoms with Gasteiger partial charge in [-0.2, -0.15) is 0 Å². The molecule has 3 atom stereocenters. The number of thiocarbonyl (C=S) groups is 1. The number of amides is 5. The number of benzene rings is 2. The Morgan fingerprint density at radius 2 is 1.44 bits per heavy atom. The molecule has 1 saturated heterocycles. The fourth-order valence-corrected chi connectivity index (χ4v) is 6.58. The lowest BCUT2D eigenvalue weighted by Crippen LogP contribution is -2.56. The van der Waals surface area contributed by atoms with E-state index in [4.69, 9.17) is 35.2 Å². The molecule has 2 aromatic carbocycles. The molecule has 0 spiro atoms. The first kappa shape index (κ1) is 41.6. The zero-order valence-electron chi connectivity index (χ0n) is 29.6. The highest BCUT2D eigenvalue weighted by molar-refractivity contribution is 8.27. The van der Waals surface area contributed by atoms with E-state index in [0.717, 1.165) is 12.0 Å². The number of rotatable bonds is 20. The lowest BCUT2D eigenvalue weighted by Gasteiger charge is -2.25. The van der Waals surface area contributed by atoms with Crippen LogP contribution in [0, 0.1) is 6.92 Å². The van der Waals surface area contributed by atoms with Crippen LogP contribution in [0.5, 0.6) is 0 Å². The molecule has 280 valence electrons. The van der Waals surface area contributed by atoms with Gasteiger partial charge in [-0.25, -0.2) is 0 Å². The van der Waals surface area contributed by atoms with Crippen molar-refractivity contribution in [3.8, 4) is 0 Å². The zero-order chi connectivity index (χ0) is 38.2. The van der Waals surface area contributed by atoms with Crippen LogP contribution in [0.15, 0.2) is 58.4 Å². The molecule has 16 heteroatoms. The van der Waals surface area contributed by atoms with Gasteiger partial charge in [-0.15, -0.1) is 0 Å². The molecule has 1 fully saturated rings. The molecule has 0 unspecified atom stereocenters. The predicted octanol–water partition coefficient (Wildman–Crippen LogP) is 2.33. The van der Waals surface area contributed by atoms with Gasteiger partial charge >= 0.3 is 0 Å². The maximum absolute atomic E-state index is 13.7. The summed E-state index contributed by atoms with van der Waals surface area (Å²) >= 11 is 6.67. The Kier molecular flexibility index (Phi) is 16.7. The van der Waals surface area contributed by atoms with E-state index in [1.807, 2.05) is 38.1 Å². The molecule has 0 aliphatic carbocycles. The number of hydrogen-bond acceptors (Lipinski definition) is 9. The van der Waals surface area contributed by atoms with Crippen LogP contribution in [0.25, 0.3) is 6.08 Å². The van der Waals surface area contributed by atoms with E-state index in [9.17, 15) is 24.0 Å². The number of carbonyl (C=O) groups is 5. The smallest absolute Gasteiger partial charge is 0.270 e. The lowest BCUT2D eigenvalue weighted by molar-refractivity contribution is -0.132. The monoisotopic (exact) mass is 751 g/mol. The lowest BCUT2D eigenvalue weighted by atomic mass is 10.0. The number of unbranched alkanes of at least 4 members (excludes halogenated alkanes) is 2. The van der Waals surface area contributed by atoms with Gasteiger partial charge in [-0.1, -0.05) is 73.6 Å². The molecule has 2 aromatic rings. The SMILES string of the molecule is CCCC[C@H](NC(=O)[C@H](CCCCN)NC(=O)[C@H](CCCN=C(N)N)NC(=O)c1ccc(/C=C2\SC(=S)N(c3ccc(C)cc3)C2=O)cc1)C(N)=O. The first-order valence-corrected chi connectivity index (χ1v) is 18.5. The van der Waals surface area contributed by atoms with Crippen molar-refractivity contribution in [1.82, 2.24) is 16.0 Å². The Balaban J connectivity index is 1.75. The van der Waals surface area contributed by atoms with Gasteiger partial charge in [0.15, 0.2) is 10.3 Å². The van der Waals surface area contributed by atoms with Crippen LogP contribution >= 0.6 is 24.0 Å². The van der Waals surface area contributed by atoms with Gasteiger partial charge in [0.2, 0.25) is 17.7 Å². The first-order valence-electron chi connectivity index (χ1n) is 17.3. The van der Waals surface area contributed by atoms with E-state index in [0.29, 0.717) is 59.1 Å². The summed E-state index contributed by atoms with van der Waals surface area (Å²) in [7, 11) is 0. The molecule has 0 bridgehead atoms. The minimum Gasteiger partial charge on any atom is -0.370 e. The normalized spacial score (nSPS) is 15.1. The third kappa shape index (κ3) is 12.8. The van der Waals surface area contributed by atoms with E-state index in [-0.39, 0.29) is 36.8 Å². The summed E-state index contributed by atoms with van der Waals surface area (Å²) in [6, 6.07) is 11.1. The van der Waals surface area contributed by atoms with Crippen LogP contribution in [0.3, 0.4) is 0 Å². The molecular formula is C36H49N9O5S2. The molecule has 0 aromatic heterocycles. The Bertz CT molecular complexity index is 1640. The molecular weight excluding hydrogens is 703 g/mol. The number of anilines is 1. The minimum atomic E-state index is -1.05. The molecule has 0 saturated carbocycles. The number of hydrogen-bond donors (Lipinski definition) is 7. The van der Waals surface area contributed by atoms with Crippen molar-refractivity contribution >= 4 is 75.6 Å². The maximum Gasteiger partial charge on any atom is 0.270 e. The van der Waals surface area contributed by atoms with Crippen molar-refractivity contribution in [3.63, 3.8) is 0 Å². The van der Waals surface area contributed by atoms with Gasteiger partial charge in [0.25, 0.3) is 11.8 Å². The van der Waals surface area contributed by atoms with E-state index >= 15 is 0 Å². The summed E-state index contributed by atoms with van der Waals surface area (Å²) in [5.74, 6) is -2.69. The maximum atomic E-state index is 13.7. The number of guanidine groups is 1. The van der Waals surface area contributed by atoms with Crippen LogP contribution in [0.1, 0.15) is 79.8 Å². The van der Waals surface area contributed by atoms with Crippen LogP contribution in [0.2, 0.25) is 0 Å². The number of nitrogens with one attached hydrogen (secondary N) is 3. The highest BCUT2D eigenvalue weighted by atomic mass is 32.2. The third-order valence-electron chi connectivity index (χ3n) is 8.21. The molecule has 3 rings (SSSR count). The average Bonchev–Trinajstić information content (AvgIpc) is 3.39. The quantitative estimate of drug-likeness (QED) is 0.0342. The second kappa shape index (κ2) is 20.9. The second-order valence-corrected chi connectivity index (χ2v) is 14.1. The number of primary amides is 1. The number of nitrogens with zero attached hydrogens (tertiary/aromatic N) is 2. The Morgan fingerprint density at radius 1 is 0.846 bits per heavy atom. The van der Waals surface area contributed by atoms with Crippen LogP contribution < -0.4 is 43.8 Å². The van der Waals surface area contributed by atoms with E-state index in [2.05, 4.69) is 20.9 Å². The number of carbonyl (C=O) groups excluding carboxylic acids is 5. The number of aryl methyl sites for hydroxylation is 1. The van der Waals surface area contributed by atoms with Gasteiger partial charge in [-0.05, 0) is 87.9 Å². The number of aliphatic imine (C=N–C) groups is 1. The number of nitrogens with two attached hydrogens (primary N) is 4. The van der Waals surface area contributed by atoms with E-state index in [1.54, 1.807) is 30.3 Å².